The normalized spacial score (nSPS) is 11.7. The molecule has 240 valence electrons. The first-order valence-corrected chi connectivity index (χ1v) is 14.4. The van der Waals surface area contributed by atoms with Crippen LogP contribution in [0.5, 0.6) is 11.8 Å². The molecule has 0 saturated carbocycles. The van der Waals surface area contributed by atoms with Crippen LogP contribution in [-0.2, 0) is 38.8 Å². The average Bonchev–Trinajstić information content (AvgIpc) is 3.00. The molecule has 12 heteroatoms. The molecule has 1 aromatic heterocycles. The Morgan fingerprint density at radius 2 is 1.57 bits per heavy atom. The number of methoxy groups -OCH3 is 2. The zero-order valence-corrected chi connectivity index (χ0v) is 26.7. The highest BCUT2D eigenvalue weighted by Crippen LogP contribution is 2.22. The van der Waals surface area contributed by atoms with Crippen LogP contribution in [0, 0.1) is 6.92 Å². The van der Waals surface area contributed by atoms with E-state index in [1.54, 1.807) is 20.3 Å². The molecule has 2 rings (SSSR count). The number of amides is 2. The second-order valence-corrected chi connectivity index (χ2v) is 9.86. The molecule has 1 aromatic carbocycles. The van der Waals surface area contributed by atoms with E-state index >= 15 is 0 Å². The highest BCUT2D eigenvalue weighted by Gasteiger charge is 2.11. The standard InChI is InChI=1S/C32H46N6O6/c1-8-29(37-31(41-6)22(2)18-33-14-16-35-24(4)39)43-20-27-10-9-11-28(23(27)3)21-44-30-13-12-26(32(38-30)42-7)19-34-15-17-36-25(5)40/h8-13,33-34H,1,14-21H2,2-7H3,(H,35,39)(H,36,40)/b31-22-,37-29?. The van der Waals surface area contributed by atoms with Crippen molar-refractivity contribution in [2.75, 3.05) is 46.9 Å². The summed E-state index contributed by atoms with van der Waals surface area (Å²) in [5.74, 6) is 1.57. The molecule has 44 heavy (non-hydrogen) atoms. The van der Waals surface area contributed by atoms with Crippen LogP contribution in [0.1, 0.15) is 43.0 Å². The van der Waals surface area contributed by atoms with Crippen molar-refractivity contribution in [3.63, 3.8) is 0 Å². The predicted molar refractivity (Wildman–Crippen MR) is 170 cm³/mol. The summed E-state index contributed by atoms with van der Waals surface area (Å²) < 4.78 is 22.9. The van der Waals surface area contributed by atoms with Crippen LogP contribution in [0.2, 0.25) is 0 Å². The lowest BCUT2D eigenvalue weighted by Crippen LogP contribution is -2.31. The number of nitrogens with one attached hydrogen (secondary N) is 4. The summed E-state index contributed by atoms with van der Waals surface area (Å²) in [6.07, 6.45) is 1.54. The number of nitrogens with zero attached hydrogens (tertiary/aromatic N) is 2. The first kappa shape index (κ1) is 35.8. The summed E-state index contributed by atoms with van der Waals surface area (Å²) in [6, 6.07) is 9.66. The van der Waals surface area contributed by atoms with Gasteiger partial charge in [-0.15, -0.1) is 0 Å². The van der Waals surface area contributed by atoms with Gasteiger partial charge >= 0.3 is 0 Å². The number of rotatable bonds is 19. The highest BCUT2D eigenvalue weighted by molar-refractivity contribution is 5.87. The molecule has 0 aliphatic carbocycles. The fourth-order valence-electron chi connectivity index (χ4n) is 3.98. The number of carbonyl (C=O) groups is 2. The van der Waals surface area contributed by atoms with Gasteiger partial charge in [0.25, 0.3) is 0 Å². The Morgan fingerprint density at radius 1 is 0.909 bits per heavy atom. The van der Waals surface area contributed by atoms with E-state index in [2.05, 4.69) is 37.8 Å². The Kier molecular flexibility index (Phi) is 16.0. The second kappa shape index (κ2) is 19.7. The van der Waals surface area contributed by atoms with E-state index in [0.29, 0.717) is 69.4 Å². The minimum atomic E-state index is -0.0628. The van der Waals surface area contributed by atoms with E-state index < -0.39 is 0 Å². The summed E-state index contributed by atoms with van der Waals surface area (Å²) in [5, 5.41) is 12.0. The molecule has 1 heterocycles. The van der Waals surface area contributed by atoms with E-state index in [-0.39, 0.29) is 18.4 Å². The molecule has 0 bridgehead atoms. The molecule has 0 atom stereocenters. The van der Waals surface area contributed by atoms with Gasteiger partial charge in [0, 0.05) is 70.3 Å². The van der Waals surface area contributed by atoms with Gasteiger partial charge in [0.2, 0.25) is 35.4 Å². The Labute approximate surface area is 260 Å². The maximum absolute atomic E-state index is 11.0. The zero-order valence-electron chi connectivity index (χ0n) is 26.7. The van der Waals surface area contributed by atoms with E-state index in [4.69, 9.17) is 18.9 Å². The summed E-state index contributed by atoms with van der Waals surface area (Å²) >= 11 is 0. The lowest BCUT2D eigenvalue weighted by Gasteiger charge is -2.15. The van der Waals surface area contributed by atoms with E-state index in [9.17, 15) is 9.59 Å². The monoisotopic (exact) mass is 610 g/mol. The third-order valence-electron chi connectivity index (χ3n) is 6.42. The van der Waals surface area contributed by atoms with Crippen LogP contribution in [0.25, 0.3) is 0 Å². The topological polar surface area (TPSA) is 144 Å². The van der Waals surface area contributed by atoms with Crippen LogP contribution in [0.15, 0.2) is 59.4 Å². The van der Waals surface area contributed by atoms with Crippen molar-refractivity contribution in [3.05, 3.63) is 76.7 Å². The third-order valence-corrected chi connectivity index (χ3v) is 6.42. The Bertz CT molecular complexity index is 1310. The Balaban J connectivity index is 1.98. The maximum Gasteiger partial charge on any atom is 0.220 e. The molecular weight excluding hydrogens is 564 g/mol. The summed E-state index contributed by atoms with van der Waals surface area (Å²) in [5.41, 5.74) is 4.77. The minimum Gasteiger partial charge on any atom is -0.481 e. The van der Waals surface area contributed by atoms with E-state index in [0.717, 1.165) is 27.8 Å². The van der Waals surface area contributed by atoms with Crippen LogP contribution >= 0.6 is 0 Å². The van der Waals surface area contributed by atoms with Crippen molar-refractivity contribution in [2.24, 2.45) is 4.99 Å². The number of benzene rings is 1. The van der Waals surface area contributed by atoms with Crippen molar-refractivity contribution < 1.29 is 28.5 Å². The first-order chi connectivity index (χ1) is 21.2. The van der Waals surface area contributed by atoms with Gasteiger partial charge in [-0.05, 0) is 42.7 Å². The average molecular weight is 611 g/mol. The fraction of sp³-hybridized carbons (Fsp3) is 0.438. The molecule has 2 aromatic rings. The van der Waals surface area contributed by atoms with Gasteiger partial charge in [0.15, 0.2) is 0 Å². The van der Waals surface area contributed by atoms with E-state index in [1.807, 2.05) is 44.2 Å². The molecule has 0 radical (unpaired) electrons. The molecule has 4 N–H and O–H groups in total. The summed E-state index contributed by atoms with van der Waals surface area (Å²) in [7, 11) is 3.13. The van der Waals surface area contributed by atoms with Crippen molar-refractivity contribution >= 4 is 17.7 Å². The van der Waals surface area contributed by atoms with Crippen LogP contribution < -0.4 is 30.7 Å². The summed E-state index contributed by atoms with van der Waals surface area (Å²) in [6.45, 7) is 14.8. The van der Waals surface area contributed by atoms with Crippen molar-refractivity contribution in [1.82, 2.24) is 26.3 Å². The molecule has 0 aliphatic rings. The molecule has 0 unspecified atom stereocenters. The second-order valence-electron chi connectivity index (χ2n) is 9.86. The smallest absolute Gasteiger partial charge is 0.220 e. The fourth-order valence-corrected chi connectivity index (χ4v) is 3.98. The van der Waals surface area contributed by atoms with Gasteiger partial charge in [0.05, 0.1) is 14.2 Å². The van der Waals surface area contributed by atoms with Crippen molar-refractivity contribution in [2.45, 2.75) is 47.5 Å². The van der Waals surface area contributed by atoms with E-state index in [1.165, 1.54) is 13.8 Å². The Morgan fingerprint density at radius 3 is 2.18 bits per heavy atom. The highest BCUT2D eigenvalue weighted by atomic mass is 16.5. The first-order valence-electron chi connectivity index (χ1n) is 14.4. The molecule has 12 nitrogen and oxygen atoms in total. The van der Waals surface area contributed by atoms with Gasteiger partial charge in [-0.3, -0.25) is 9.59 Å². The van der Waals surface area contributed by atoms with Crippen LogP contribution in [0.3, 0.4) is 0 Å². The largest absolute Gasteiger partial charge is 0.481 e. The maximum atomic E-state index is 11.0. The van der Waals surface area contributed by atoms with Gasteiger partial charge in [-0.25, -0.2) is 0 Å². The minimum absolute atomic E-state index is 0.0581. The summed E-state index contributed by atoms with van der Waals surface area (Å²) in [4.78, 5) is 31.0. The molecular formula is C32H46N6O6. The van der Waals surface area contributed by atoms with Crippen LogP contribution in [-0.4, -0.2) is 69.6 Å². The molecule has 0 saturated heterocycles. The molecule has 2 amide bonds. The predicted octanol–water partition coefficient (Wildman–Crippen LogP) is 2.91. The number of aromatic nitrogens is 1. The third kappa shape index (κ3) is 12.8. The quantitative estimate of drug-likeness (QED) is 0.0817. The van der Waals surface area contributed by atoms with Crippen molar-refractivity contribution in [3.8, 4) is 11.8 Å². The van der Waals surface area contributed by atoms with Gasteiger partial charge in [-0.2, -0.15) is 9.98 Å². The van der Waals surface area contributed by atoms with Gasteiger partial charge < -0.3 is 40.2 Å². The molecule has 0 spiro atoms. The van der Waals surface area contributed by atoms with Gasteiger partial charge in [-0.1, -0.05) is 24.8 Å². The number of carbonyl (C=O) groups excluding carboxylic acids is 2. The lowest BCUT2D eigenvalue weighted by molar-refractivity contribution is -0.119. The van der Waals surface area contributed by atoms with Crippen LogP contribution in [0.4, 0.5) is 0 Å². The SMILES string of the molecule is C=CC(=N/C(OC)=C(\C)CNCCNC(C)=O)OCc1cccc(COc2ccc(CNCCNC(C)=O)c(OC)n2)c1C. The number of ether oxygens (including phenoxy) is 4. The van der Waals surface area contributed by atoms with Crippen molar-refractivity contribution in [1.29, 1.82) is 0 Å². The van der Waals surface area contributed by atoms with Gasteiger partial charge in [0.1, 0.15) is 13.2 Å². The lowest BCUT2D eigenvalue weighted by atomic mass is 10.0. The zero-order chi connectivity index (χ0) is 32.3. The Hall–Kier alpha value is -4.42. The molecule has 0 fully saturated rings. The number of hydrogen-bond acceptors (Lipinski definition) is 10. The molecule has 0 aliphatic heterocycles. The number of hydrogen-bond donors (Lipinski definition) is 4. The number of aliphatic imine (C=N–C) groups is 1. The number of pyridine rings is 1.